The minimum atomic E-state index is 0.323. The van der Waals surface area contributed by atoms with Crippen molar-refractivity contribution in [3.63, 3.8) is 0 Å². The summed E-state index contributed by atoms with van der Waals surface area (Å²) in [7, 11) is 0. The Hall–Kier alpha value is -2.64. The van der Waals surface area contributed by atoms with Gasteiger partial charge in [0.25, 0.3) is 0 Å². The van der Waals surface area contributed by atoms with Crippen LogP contribution in [0.1, 0.15) is 11.6 Å². The van der Waals surface area contributed by atoms with Crippen molar-refractivity contribution >= 4 is 5.82 Å². The smallest absolute Gasteiger partial charge is 0.248 e. The van der Waals surface area contributed by atoms with Crippen LogP contribution in [0.5, 0.6) is 0 Å². The van der Waals surface area contributed by atoms with Crippen molar-refractivity contribution < 1.29 is 8.94 Å². The van der Waals surface area contributed by atoms with Gasteiger partial charge in [0.1, 0.15) is 6.54 Å². The van der Waals surface area contributed by atoms with E-state index in [0.29, 0.717) is 29.8 Å². The van der Waals surface area contributed by atoms with Gasteiger partial charge in [-0.05, 0) is 19.1 Å². The molecule has 2 N–H and O–H groups in total. The summed E-state index contributed by atoms with van der Waals surface area (Å²) >= 11 is 0. The van der Waals surface area contributed by atoms with Crippen molar-refractivity contribution in [3.05, 3.63) is 30.0 Å². The fourth-order valence-corrected chi connectivity index (χ4v) is 1.48. The quantitative estimate of drug-likeness (QED) is 0.729. The first-order valence-corrected chi connectivity index (χ1v) is 5.26. The Kier molecular flexibility index (Phi) is 2.33. The lowest BCUT2D eigenvalue weighted by molar-refractivity contribution is 0.362. The maximum atomic E-state index is 5.60. The van der Waals surface area contributed by atoms with Gasteiger partial charge in [-0.3, -0.25) is 0 Å². The molecule has 0 spiro atoms. The minimum absolute atomic E-state index is 0.323. The minimum Gasteiger partial charge on any atom is -0.461 e. The van der Waals surface area contributed by atoms with E-state index in [2.05, 4.69) is 20.5 Å². The molecule has 3 rings (SSSR count). The van der Waals surface area contributed by atoms with Crippen LogP contribution in [0, 0.1) is 6.92 Å². The molecule has 0 bridgehead atoms. The van der Waals surface area contributed by atoms with Gasteiger partial charge in [0, 0.05) is 0 Å². The Balaban J connectivity index is 1.84. The molecule has 0 unspecified atom stereocenters. The van der Waals surface area contributed by atoms with E-state index in [9.17, 15) is 0 Å². The molecular weight excluding hydrogens is 236 g/mol. The Morgan fingerprint density at radius 2 is 2.33 bits per heavy atom. The van der Waals surface area contributed by atoms with Crippen LogP contribution < -0.4 is 5.73 Å². The van der Waals surface area contributed by atoms with Crippen LogP contribution in [-0.4, -0.2) is 25.1 Å². The Labute approximate surface area is 101 Å². The van der Waals surface area contributed by atoms with E-state index in [1.165, 1.54) is 0 Å². The van der Waals surface area contributed by atoms with Crippen LogP contribution in [0.15, 0.2) is 27.3 Å². The van der Waals surface area contributed by atoms with Crippen molar-refractivity contribution in [1.82, 2.24) is 25.1 Å². The molecular formula is C10H10N6O2. The molecule has 8 nitrogen and oxygen atoms in total. The lowest BCUT2D eigenvalue weighted by Gasteiger charge is -1.97. The first-order chi connectivity index (χ1) is 8.74. The highest BCUT2D eigenvalue weighted by atomic mass is 16.5. The fraction of sp³-hybridized carbons (Fsp3) is 0.200. The highest BCUT2D eigenvalue weighted by molar-refractivity contribution is 5.44. The van der Waals surface area contributed by atoms with Crippen molar-refractivity contribution in [1.29, 1.82) is 0 Å². The second kappa shape index (κ2) is 3.99. The largest absolute Gasteiger partial charge is 0.461 e. The number of hydrogen-bond donors (Lipinski definition) is 1. The van der Waals surface area contributed by atoms with Crippen LogP contribution in [0.2, 0.25) is 0 Å². The normalized spacial score (nSPS) is 10.9. The van der Waals surface area contributed by atoms with Gasteiger partial charge in [-0.25, -0.2) is 4.68 Å². The summed E-state index contributed by atoms with van der Waals surface area (Å²) in [4.78, 5) is 4.20. The summed E-state index contributed by atoms with van der Waals surface area (Å²) in [5, 5.41) is 11.4. The van der Waals surface area contributed by atoms with Gasteiger partial charge in [-0.15, -0.1) is 5.10 Å². The van der Waals surface area contributed by atoms with E-state index in [4.69, 9.17) is 14.7 Å². The zero-order valence-electron chi connectivity index (χ0n) is 9.57. The molecule has 3 aromatic rings. The monoisotopic (exact) mass is 246 g/mol. The Bertz CT molecular complexity index is 654. The van der Waals surface area contributed by atoms with Crippen LogP contribution in [0.3, 0.4) is 0 Å². The third-order valence-electron chi connectivity index (χ3n) is 2.51. The predicted octanol–water partition coefficient (Wildman–Crippen LogP) is 0.860. The second-order valence-corrected chi connectivity index (χ2v) is 3.71. The summed E-state index contributed by atoms with van der Waals surface area (Å²) in [6.07, 6.45) is 1.55. The zero-order valence-corrected chi connectivity index (χ0v) is 9.57. The maximum absolute atomic E-state index is 5.60. The molecule has 0 aliphatic carbocycles. The number of furan rings is 1. The molecule has 0 radical (unpaired) electrons. The number of rotatable bonds is 3. The van der Waals surface area contributed by atoms with Gasteiger partial charge < -0.3 is 14.7 Å². The van der Waals surface area contributed by atoms with Crippen LogP contribution >= 0.6 is 0 Å². The fourth-order valence-electron chi connectivity index (χ4n) is 1.48. The van der Waals surface area contributed by atoms with E-state index < -0.39 is 0 Å². The van der Waals surface area contributed by atoms with Gasteiger partial charge in [-0.2, -0.15) is 4.98 Å². The number of nitrogen functional groups attached to an aromatic ring is 1. The Morgan fingerprint density at radius 3 is 3.00 bits per heavy atom. The van der Waals surface area contributed by atoms with E-state index in [-0.39, 0.29) is 0 Å². The molecule has 0 saturated heterocycles. The lowest BCUT2D eigenvalue weighted by Crippen LogP contribution is -2.04. The molecule has 0 saturated carbocycles. The molecule has 3 heterocycles. The molecule has 18 heavy (non-hydrogen) atoms. The predicted molar refractivity (Wildman–Crippen MR) is 60.3 cm³/mol. The summed E-state index contributed by atoms with van der Waals surface area (Å²) in [6, 6.07) is 3.51. The van der Waals surface area contributed by atoms with E-state index in [1.807, 2.05) is 6.92 Å². The van der Waals surface area contributed by atoms with Crippen molar-refractivity contribution in [2.24, 2.45) is 0 Å². The molecule has 0 amide bonds. The van der Waals surface area contributed by atoms with Crippen LogP contribution in [0.25, 0.3) is 11.6 Å². The van der Waals surface area contributed by atoms with Crippen molar-refractivity contribution in [3.8, 4) is 11.6 Å². The topological polar surface area (TPSA) is 109 Å². The molecule has 8 heteroatoms. The highest BCUT2D eigenvalue weighted by Crippen LogP contribution is 2.16. The average Bonchev–Trinajstić information content (AvgIpc) is 3.06. The molecule has 0 aliphatic rings. The molecule has 0 aliphatic heterocycles. The number of hydrogen-bond acceptors (Lipinski definition) is 7. The van der Waals surface area contributed by atoms with Gasteiger partial charge in [-0.1, -0.05) is 10.4 Å². The number of nitrogens with two attached hydrogens (primary N) is 1. The summed E-state index contributed by atoms with van der Waals surface area (Å²) in [5.41, 5.74) is 6.36. The van der Waals surface area contributed by atoms with Gasteiger partial charge in [0.2, 0.25) is 11.7 Å². The summed E-state index contributed by atoms with van der Waals surface area (Å²) in [6.45, 7) is 2.14. The SMILES string of the molecule is Cc1c(N)nnn1Cc1nc(-c2ccco2)no1. The van der Waals surface area contributed by atoms with E-state index >= 15 is 0 Å². The molecule has 3 aromatic heterocycles. The number of nitrogens with zero attached hydrogens (tertiary/aromatic N) is 5. The number of aromatic nitrogens is 5. The summed E-state index contributed by atoms with van der Waals surface area (Å²) < 4.78 is 11.9. The third kappa shape index (κ3) is 1.73. The van der Waals surface area contributed by atoms with Crippen LogP contribution in [0.4, 0.5) is 5.82 Å². The molecule has 0 aromatic carbocycles. The molecule has 92 valence electrons. The van der Waals surface area contributed by atoms with Crippen molar-refractivity contribution in [2.75, 3.05) is 5.73 Å². The van der Waals surface area contributed by atoms with Crippen LogP contribution in [-0.2, 0) is 6.54 Å². The second-order valence-electron chi connectivity index (χ2n) is 3.71. The van der Waals surface area contributed by atoms with Gasteiger partial charge in [0.15, 0.2) is 11.6 Å². The van der Waals surface area contributed by atoms with E-state index in [1.54, 1.807) is 23.1 Å². The first-order valence-electron chi connectivity index (χ1n) is 5.26. The molecule has 0 atom stereocenters. The maximum Gasteiger partial charge on any atom is 0.248 e. The van der Waals surface area contributed by atoms with Gasteiger partial charge in [0.05, 0.1) is 12.0 Å². The first kappa shape index (κ1) is 10.5. The standard InChI is InChI=1S/C10H10N6O2/c1-6-9(11)13-15-16(6)5-8-12-10(14-18-8)7-3-2-4-17-7/h2-4H,5,11H2,1H3. The highest BCUT2D eigenvalue weighted by Gasteiger charge is 2.13. The third-order valence-corrected chi connectivity index (χ3v) is 2.51. The average molecular weight is 246 g/mol. The Morgan fingerprint density at radius 1 is 1.44 bits per heavy atom. The lowest BCUT2D eigenvalue weighted by atomic mass is 10.4. The van der Waals surface area contributed by atoms with Crippen molar-refractivity contribution in [2.45, 2.75) is 13.5 Å². The van der Waals surface area contributed by atoms with Gasteiger partial charge >= 0.3 is 0 Å². The summed E-state index contributed by atoms with van der Waals surface area (Å²) in [5.74, 6) is 1.76. The number of anilines is 1. The molecule has 0 fully saturated rings. The van der Waals surface area contributed by atoms with E-state index in [0.717, 1.165) is 5.69 Å². The zero-order chi connectivity index (χ0) is 12.5.